The van der Waals surface area contributed by atoms with Crippen molar-refractivity contribution in [2.45, 2.75) is 51.1 Å². The van der Waals surface area contributed by atoms with E-state index in [2.05, 4.69) is 0 Å². The average Bonchev–Trinajstić information content (AvgIpc) is 2.85. The molecule has 2 N–H and O–H groups in total. The average molecular weight is 319 g/mol. The standard InChI is InChI=1S/C18H27N3O2/c22-21(23)18-10-6-5-7-16(18)15-19-11-13-20(14-12-19)17-8-3-1-2-4-9-17/h5-7,10,17H,1-4,8-9,11-15H2/p+2. The summed E-state index contributed by atoms with van der Waals surface area (Å²) in [6.45, 7) is 5.51. The van der Waals surface area contributed by atoms with Gasteiger partial charge < -0.3 is 9.80 Å². The first-order valence-electron chi connectivity index (χ1n) is 9.14. The van der Waals surface area contributed by atoms with Crippen molar-refractivity contribution in [1.82, 2.24) is 0 Å². The van der Waals surface area contributed by atoms with Gasteiger partial charge in [-0.1, -0.05) is 25.0 Å². The van der Waals surface area contributed by atoms with Gasteiger partial charge in [0.1, 0.15) is 32.7 Å². The molecule has 1 saturated heterocycles. The fourth-order valence-electron chi connectivity index (χ4n) is 4.31. The van der Waals surface area contributed by atoms with Gasteiger partial charge in [0, 0.05) is 6.07 Å². The first kappa shape index (κ1) is 16.4. The smallest absolute Gasteiger partial charge is 0.278 e. The Kier molecular flexibility index (Phi) is 5.62. The van der Waals surface area contributed by atoms with Crippen LogP contribution in [-0.2, 0) is 6.54 Å². The number of hydrogen-bond donors (Lipinski definition) is 2. The molecule has 1 aliphatic carbocycles. The maximum atomic E-state index is 11.1. The number of quaternary nitrogens is 2. The summed E-state index contributed by atoms with van der Waals surface area (Å²) in [5, 5.41) is 11.1. The van der Waals surface area contributed by atoms with Crippen LogP contribution in [0.25, 0.3) is 0 Å². The third kappa shape index (κ3) is 4.30. The molecule has 0 amide bonds. The van der Waals surface area contributed by atoms with E-state index in [1.165, 1.54) is 56.5 Å². The predicted molar refractivity (Wildman–Crippen MR) is 89.7 cm³/mol. The topological polar surface area (TPSA) is 52.0 Å². The van der Waals surface area contributed by atoms with Crippen LogP contribution in [0.15, 0.2) is 24.3 Å². The summed E-state index contributed by atoms with van der Waals surface area (Å²) in [5.41, 5.74) is 1.16. The first-order chi connectivity index (χ1) is 11.2. The second-order valence-electron chi connectivity index (χ2n) is 7.16. The van der Waals surface area contributed by atoms with E-state index in [4.69, 9.17) is 0 Å². The molecule has 3 rings (SSSR count). The minimum atomic E-state index is -0.248. The minimum Gasteiger partial charge on any atom is -0.323 e. The van der Waals surface area contributed by atoms with Crippen LogP contribution >= 0.6 is 0 Å². The summed E-state index contributed by atoms with van der Waals surface area (Å²) < 4.78 is 0. The molecule has 23 heavy (non-hydrogen) atoms. The summed E-state index contributed by atoms with van der Waals surface area (Å²) in [6, 6.07) is 8.07. The number of rotatable bonds is 4. The van der Waals surface area contributed by atoms with Gasteiger partial charge >= 0.3 is 0 Å². The minimum absolute atomic E-state index is 0.248. The highest BCUT2D eigenvalue weighted by Gasteiger charge is 2.30. The number of piperazine rings is 1. The molecule has 0 radical (unpaired) electrons. The molecule has 5 nitrogen and oxygen atoms in total. The third-order valence-corrected chi connectivity index (χ3v) is 5.66. The molecule has 1 saturated carbocycles. The molecule has 0 spiro atoms. The molecule has 1 aromatic carbocycles. The summed E-state index contributed by atoms with van der Waals surface area (Å²) >= 11 is 0. The summed E-state index contributed by atoms with van der Waals surface area (Å²) in [5.74, 6) is 0. The molecule has 126 valence electrons. The summed E-state index contributed by atoms with van der Waals surface area (Å²) in [7, 11) is 0. The molecular formula is C18H29N3O2+2. The highest BCUT2D eigenvalue weighted by atomic mass is 16.6. The molecule has 0 unspecified atom stereocenters. The lowest BCUT2D eigenvalue weighted by Crippen LogP contribution is -3.29. The zero-order valence-electron chi connectivity index (χ0n) is 13.9. The molecule has 0 atom stereocenters. The van der Waals surface area contributed by atoms with Crippen LogP contribution in [-0.4, -0.2) is 37.1 Å². The summed E-state index contributed by atoms with van der Waals surface area (Å²) in [4.78, 5) is 14.2. The Morgan fingerprint density at radius 1 is 1.00 bits per heavy atom. The Morgan fingerprint density at radius 3 is 2.30 bits per heavy atom. The van der Waals surface area contributed by atoms with E-state index in [-0.39, 0.29) is 10.6 Å². The lowest BCUT2D eigenvalue weighted by molar-refractivity contribution is -1.03. The van der Waals surface area contributed by atoms with Crippen molar-refractivity contribution >= 4 is 5.69 Å². The third-order valence-electron chi connectivity index (χ3n) is 5.66. The zero-order valence-corrected chi connectivity index (χ0v) is 13.9. The highest BCUT2D eigenvalue weighted by Crippen LogP contribution is 2.17. The van der Waals surface area contributed by atoms with E-state index in [1.807, 2.05) is 12.1 Å². The van der Waals surface area contributed by atoms with Crippen LogP contribution in [0.1, 0.15) is 44.1 Å². The number of hydrogen-bond acceptors (Lipinski definition) is 2. The Morgan fingerprint density at radius 2 is 1.65 bits per heavy atom. The molecule has 1 aromatic rings. The van der Waals surface area contributed by atoms with Crippen molar-refractivity contribution in [3.05, 3.63) is 39.9 Å². The van der Waals surface area contributed by atoms with Gasteiger partial charge in [-0.25, -0.2) is 0 Å². The van der Waals surface area contributed by atoms with Crippen LogP contribution in [0.4, 0.5) is 5.69 Å². The molecule has 1 heterocycles. The number of nitro groups is 1. The molecule has 2 aliphatic rings. The first-order valence-corrected chi connectivity index (χ1v) is 9.14. The molecule has 1 aliphatic heterocycles. The molecule has 2 fully saturated rings. The van der Waals surface area contributed by atoms with Gasteiger partial charge in [0.15, 0.2) is 0 Å². The number of benzene rings is 1. The molecular weight excluding hydrogens is 290 g/mol. The number of nitrogens with one attached hydrogen (secondary N) is 2. The van der Waals surface area contributed by atoms with Crippen molar-refractivity contribution in [1.29, 1.82) is 0 Å². The monoisotopic (exact) mass is 319 g/mol. The van der Waals surface area contributed by atoms with Crippen molar-refractivity contribution in [3.63, 3.8) is 0 Å². The SMILES string of the molecule is O=[N+]([O-])c1ccccc1C[NH+]1CC[NH+](C2CCCCCC2)CC1. The van der Waals surface area contributed by atoms with Crippen LogP contribution < -0.4 is 9.80 Å². The van der Waals surface area contributed by atoms with Crippen LogP contribution in [0.3, 0.4) is 0 Å². The van der Waals surface area contributed by atoms with Crippen LogP contribution in [0.5, 0.6) is 0 Å². The van der Waals surface area contributed by atoms with Gasteiger partial charge in [0.25, 0.3) is 5.69 Å². The molecule has 0 bridgehead atoms. The van der Waals surface area contributed by atoms with Gasteiger partial charge in [0.05, 0.1) is 16.5 Å². The van der Waals surface area contributed by atoms with E-state index in [9.17, 15) is 10.1 Å². The lowest BCUT2D eigenvalue weighted by atomic mass is 10.1. The van der Waals surface area contributed by atoms with E-state index in [1.54, 1.807) is 17.0 Å². The van der Waals surface area contributed by atoms with Gasteiger partial charge in [-0.3, -0.25) is 10.1 Å². The number of nitrogens with zero attached hydrogens (tertiary/aromatic N) is 1. The van der Waals surface area contributed by atoms with Gasteiger partial charge in [-0.15, -0.1) is 0 Å². The van der Waals surface area contributed by atoms with E-state index < -0.39 is 0 Å². The Hall–Kier alpha value is -1.46. The molecule has 0 aromatic heterocycles. The molecule has 5 heteroatoms. The van der Waals surface area contributed by atoms with E-state index in [0.29, 0.717) is 0 Å². The van der Waals surface area contributed by atoms with Crippen molar-refractivity contribution in [3.8, 4) is 0 Å². The second-order valence-corrected chi connectivity index (χ2v) is 7.16. The summed E-state index contributed by atoms with van der Waals surface area (Å²) in [6.07, 6.45) is 8.43. The lowest BCUT2D eigenvalue weighted by Gasteiger charge is -2.34. The van der Waals surface area contributed by atoms with Crippen molar-refractivity contribution < 1.29 is 14.7 Å². The maximum Gasteiger partial charge on any atom is 0.278 e. The Balaban J connectivity index is 1.54. The largest absolute Gasteiger partial charge is 0.323 e. The van der Waals surface area contributed by atoms with E-state index in [0.717, 1.165) is 31.2 Å². The number of para-hydroxylation sites is 1. The normalized spacial score (nSPS) is 26.6. The van der Waals surface area contributed by atoms with Crippen LogP contribution in [0, 0.1) is 10.1 Å². The maximum absolute atomic E-state index is 11.1. The van der Waals surface area contributed by atoms with Crippen LogP contribution in [0.2, 0.25) is 0 Å². The Bertz CT molecular complexity index is 519. The fraction of sp³-hybridized carbons (Fsp3) is 0.667. The quantitative estimate of drug-likeness (QED) is 0.485. The predicted octanol–water partition coefficient (Wildman–Crippen LogP) is 0.601. The Labute approximate surface area is 138 Å². The van der Waals surface area contributed by atoms with Crippen molar-refractivity contribution in [2.24, 2.45) is 0 Å². The van der Waals surface area contributed by atoms with Gasteiger partial charge in [-0.05, 0) is 31.7 Å². The number of nitro benzene ring substituents is 1. The highest BCUT2D eigenvalue weighted by molar-refractivity contribution is 5.39. The zero-order chi connectivity index (χ0) is 16.1. The fourth-order valence-corrected chi connectivity index (χ4v) is 4.31. The van der Waals surface area contributed by atoms with Crippen molar-refractivity contribution in [2.75, 3.05) is 26.2 Å². The van der Waals surface area contributed by atoms with E-state index >= 15 is 0 Å². The second kappa shape index (κ2) is 7.88. The van der Waals surface area contributed by atoms with Gasteiger partial charge in [0.2, 0.25) is 0 Å². The van der Waals surface area contributed by atoms with Gasteiger partial charge in [-0.2, -0.15) is 0 Å².